The molecule has 0 aliphatic heterocycles. The summed E-state index contributed by atoms with van der Waals surface area (Å²) in [6.45, 7) is 5.42. The number of hydrogen-bond acceptors (Lipinski definition) is 3. The van der Waals surface area contributed by atoms with E-state index in [9.17, 15) is 9.59 Å². The third-order valence-electron chi connectivity index (χ3n) is 3.24. The van der Waals surface area contributed by atoms with Gasteiger partial charge in [-0.1, -0.05) is 30.7 Å². The molecule has 0 saturated heterocycles. The summed E-state index contributed by atoms with van der Waals surface area (Å²) in [7, 11) is 0. The SMILES string of the molecule is CCc1cccc2c(C(=O)COC(=O)C=C(C)C)c[nH]c12. The molecule has 0 atom stereocenters. The molecule has 1 N–H and O–H groups in total. The van der Waals surface area contributed by atoms with Gasteiger partial charge in [0.15, 0.2) is 6.61 Å². The van der Waals surface area contributed by atoms with E-state index < -0.39 is 5.97 Å². The highest BCUT2D eigenvalue weighted by Gasteiger charge is 2.14. The number of aryl methyl sites for hydroxylation is 1. The Kier molecular flexibility index (Phi) is 4.58. The minimum absolute atomic E-state index is 0.204. The summed E-state index contributed by atoms with van der Waals surface area (Å²) >= 11 is 0. The second kappa shape index (κ2) is 6.39. The highest BCUT2D eigenvalue weighted by atomic mass is 16.5. The second-order valence-corrected chi connectivity index (χ2v) is 5.15. The third-order valence-corrected chi connectivity index (χ3v) is 3.24. The summed E-state index contributed by atoms with van der Waals surface area (Å²) < 4.78 is 4.97. The van der Waals surface area contributed by atoms with Crippen molar-refractivity contribution in [2.24, 2.45) is 0 Å². The number of hydrogen-bond donors (Lipinski definition) is 1. The van der Waals surface area contributed by atoms with Crippen molar-refractivity contribution in [1.82, 2.24) is 4.98 Å². The maximum atomic E-state index is 12.2. The van der Waals surface area contributed by atoms with E-state index in [0.717, 1.165) is 28.5 Å². The molecule has 4 nitrogen and oxygen atoms in total. The van der Waals surface area contributed by atoms with Crippen LogP contribution in [0.1, 0.15) is 36.7 Å². The van der Waals surface area contributed by atoms with Crippen molar-refractivity contribution in [2.75, 3.05) is 6.61 Å². The van der Waals surface area contributed by atoms with Gasteiger partial charge in [0.05, 0.1) is 0 Å². The molecule has 0 amide bonds. The molecule has 0 spiro atoms. The lowest BCUT2D eigenvalue weighted by molar-refractivity contribution is -0.136. The van der Waals surface area contributed by atoms with E-state index in [4.69, 9.17) is 4.74 Å². The molecular formula is C17H19NO3. The van der Waals surface area contributed by atoms with Crippen LogP contribution in [0, 0.1) is 0 Å². The zero-order valence-corrected chi connectivity index (χ0v) is 12.5. The Balaban J connectivity index is 2.17. The van der Waals surface area contributed by atoms with Gasteiger partial charge in [0.25, 0.3) is 0 Å². The minimum Gasteiger partial charge on any atom is -0.454 e. The van der Waals surface area contributed by atoms with Crippen molar-refractivity contribution in [1.29, 1.82) is 0 Å². The predicted octanol–water partition coefficient (Wildman–Crippen LogP) is 3.42. The normalized spacial score (nSPS) is 10.4. The van der Waals surface area contributed by atoms with Crippen LogP contribution >= 0.6 is 0 Å². The highest BCUT2D eigenvalue weighted by molar-refractivity contribution is 6.09. The summed E-state index contributed by atoms with van der Waals surface area (Å²) in [5.74, 6) is -0.692. The smallest absolute Gasteiger partial charge is 0.331 e. The molecule has 4 heteroatoms. The maximum absolute atomic E-state index is 12.2. The van der Waals surface area contributed by atoms with E-state index in [1.54, 1.807) is 20.0 Å². The Labute approximate surface area is 123 Å². The number of benzene rings is 1. The van der Waals surface area contributed by atoms with E-state index in [1.807, 2.05) is 18.2 Å². The monoisotopic (exact) mass is 285 g/mol. The number of fused-ring (bicyclic) bond motifs is 1. The Bertz CT molecular complexity index is 706. The van der Waals surface area contributed by atoms with Crippen LogP contribution in [-0.2, 0) is 16.0 Å². The molecule has 2 rings (SSSR count). The molecule has 0 aliphatic rings. The molecule has 1 heterocycles. The molecule has 110 valence electrons. The molecular weight excluding hydrogens is 266 g/mol. The number of H-pyrrole nitrogens is 1. The fraction of sp³-hybridized carbons (Fsp3) is 0.294. The number of carbonyl (C=O) groups excluding carboxylic acids is 2. The number of allylic oxidation sites excluding steroid dienone is 1. The van der Waals surface area contributed by atoms with Gasteiger partial charge in [-0.15, -0.1) is 0 Å². The van der Waals surface area contributed by atoms with Gasteiger partial charge in [0.1, 0.15) is 0 Å². The molecule has 1 aromatic heterocycles. The van der Waals surface area contributed by atoms with Crippen LogP contribution < -0.4 is 0 Å². The number of nitrogens with one attached hydrogen (secondary N) is 1. The number of rotatable bonds is 5. The molecule has 0 radical (unpaired) electrons. The van der Waals surface area contributed by atoms with Gasteiger partial charge in [0, 0.05) is 28.7 Å². The van der Waals surface area contributed by atoms with Crippen LogP contribution in [0.2, 0.25) is 0 Å². The van der Waals surface area contributed by atoms with Gasteiger partial charge in [-0.2, -0.15) is 0 Å². The summed E-state index contributed by atoms with van der Waals surface area (Å²) in [4.78, 5) is 26.8. The molecule has 0 bridgehead atoms. The van der Waals surface area contributed by atoms with Crippen LogP contribution in [0.3, 0.4) is 0 Å². The molecule has 0 saturated carbocycles. The number of aromatic nitrogens is 1. The van der Waals surface area contributed by atoms with Crippen molar-refractivity contribution in [3.05, 3.63) is 47.2 Å². The van der Waals surface area contributed by atoms with E-state index in [-0.39, 0.29) is 12.4 Å². The van der Waals surface area contributed by atoms with Gasteiger partial charge in [-0.25, -0.2) is 4.79 Å². The van der Waals surface area contributed by atoms with Crippen LogP contribution in [0.15, 0.2) is 36.0 Å². The van der Waals surface area contributed by atoms with Crippen LogP contribution in [0.5, 0.6) is 0 Å². The van der Waals surface area contributed by atoms with Gasteiger partial charge in [-0.05, 0) is 25.8 Å². The summed E-state index contributed by atoms with van der Waals surface area (Å²) in [6.07, 6.45) is 3.94. The molecule has 21 heavy (non-hydrogen) atoms. The highest BCUT2D eigenvalue weighted by Crippen LogP contribution is 2.22. The Hall–Kier alpha value is -2.36. The van der Waals surface area contributed by atoms with Gasteiger partial charge in [-0.3, -0.25) is 4.79 Å². The fourth-order valence-corrected chi connectivity index (χ4v) is 2.23. The van der Waals surface area contributed by atoms with Crippen molar-refractivity contribution in [3.8, 4) is 0 Å². The number of ether oxygens (including phenoxy) is 1. The first-order chi connectivity index (χ1) is 10.0. The second-order valence-electron chi connectivity index (χ2n) is 5.15. The standard InChI is InChI=1S/C17H19NO3/c1-4-12-6-5-7-13-14(9-18-17(12)13)15(19)10-21-16(20)8-11(2)3/h5-9,18H,4,10H2,1-3H3. The lowest BCUT2D eigenvalue weighted by atomic mass is 10.1. The average Bonchev–Trinajstić information content (AvgIpc) is 2.87. The molecule has 0 unspecified atom stereocenters. The van der Waals surface area contributed by atoms with Gasteiger partial charge in [0.2, 0.25) is 5.78 Å². The van der Waals surface area contributed by atoms with E-state index in [0.29, 0.717) is 5.56 Å². The first kappa shape index (κ1) is 15.0. The number of ketones is 1. The summed E-state index contributed by atoms with van der Waals surface area (Å²) in [5.41, 5.74) is 3.53. The predicted molar refractivity (Wildman–Crippen MR) is 82.4 cm³/mol. The largest absolute Gasteiger partial charge is 0.454 e. The van der Waals surface area contributed by atoms with Crippen LogP contribution in [0.4, 0.5) is 0 Å². The van der Waals surface area contributed by atoms with Gasteiger partial charge < -0.3 is 9.72 Å². The minimum atomic E-state index is -0.488. The van der Waals surface area contributed by atoms with Crippen molar-refractivity contribution in [2.45, 2.75) is 27.2 Å². The molecule has 1 aromatic carbocycles. The van der Waals surface area contributed by atoms with Crippen molar-refractivity contribution >= 4 is 22.7 Å². The molecule has 0 fully saturated rings. The topological polar surface area (TPSA) is 59.2 Å². The number of carbonyl (C=O) groups is 2. The lowest BCUT2D eigenvalue weighted by Crippen LogP contribution is -2.12. The number of aromatic amines is 1. The van der Waals surface area contributed by atoms with Crippen molar-refractivity contribution < 1.29 is 14.3 Å². The lowest BCUT2D eigenvalue weighted by Gasteiger charge is -2.02. The van der Waals surface area contributed by atoms with Crippen molar-refractivity contribution in [3.63, 3.8) is 0 Å². The zero-order valence-electron chi connectivity index (χ0n) is 12.5. The Morgan fingerprint density at radius 3 is 2.71 bits per heavy atom. The number of para-hydroxylation sites is 1. The molecule has 2 aromatic rings. The van der Waals surface area contributed by atoms with Crippen LogP contribution in [-0.4, -0.2) is 23.3 Å². The fourth-order valence-electron chi connectivity index (χ4n) is 2.23. The van der Waals surface area contributed by atoms with E-state index in [1.165, 1.54) is 6.08 Å². The van der Waals surface area contributed by atoms with Crippen LogP contribution in [0.25, 0.3) is 10.9 Å². The van der Waals surface area contributed by atoms with E-state index >= 15 is 0 Å². The average molecular weight is 285 g/mol. The quantitative estimate of drug-likeness (QED) is 0.520. The first-order valence-electron chi connectivity index (χ1n) is 6.96. The summed E-state index contributed by atoms with van der Waals surface area (Å²) in [6, 6.07) is 5.86. The Morgan fingerprint density at radius 1 is 1.29 bits per heavy atom. The Morgan fingerprint density at radius 2 is 2.05 bits per heavy atom. The maximum Gasteiger partial charge on any atom is 0.331 e. The zero-order chi connectivity index (χ0) is 15.4. The van der Waals surface area contributed by atoms with E-state index in [2.05, 4.69) is 11.9 Å². The number of Topliss-reactive ketones (excluding diaryl/α,β-unsaturated/α-hetero) is 1. The molecule has 0 aliphatic carbocycles. The number of esters is 1. The first-order valence-corrected chi connectivity index (χ1v) is 6.96. The third kappa shape index (κ3) is 3.40. The van der Waals surface area contributed by atoms with Gasteiger partial charge >= 0.3 is 5.97 Å². The summed E-state index contributed by atoms with van der Waals surface area (Å²) in [5, 5.41) is 0.873.